The Morgan fingerprint density at radius 2 is 2.25 bits per heavy atom. The predicted molar refractivity (Wildman–Crippen MR) is 76.4 cm³/mol. The van der Waals surface area contributed by atoms with Crippen LogP contribution in [-0.2, 0) is 16.1 Å². The van der Waals surface area contributed by atoms with Crippen LogP contribution >= 0.6 is 0 Å². The molecule has 0 aromatic carbocycles. The minimum absolute atomic E-state index is 0.0586. The van der Waals surface area contributed by atoms with E-state index in [9.17, 15) is 4.79 Å². The van der Waals surface area contributed by atoms with Crippen molar-refractivity contribution in [2.75, 3.05) is 33.4 Å². The summed E-state index contributed by atoms with van der Waals surface area (Å²) < 4.78 is 10.1. The second-order valence-corrected chi connectivity index (χ2v) is 3.97. The van der Waals surface area contributed by atoms with Crippen LogP contribution in [0, 0.1) is 0 Å². The molecule has 1 heterocycles. The third kappa shape index (κ3) is 6.79. The van der Waals surface area contributed by atoms with Crippen LogP contribution in [0.5, 0.6) is 0 Å². The molecule has 0 saturated carbocycles. The Hall–Kier alpha value is -2.02. The number of rotatable bonds is 8. The monoisotopic (exact) mass is 282 g/mol. The number of guanidine groups is 1. The lowest BCUT2D eigenvalue weighted by Crippen LogP contribution is -2.39. The van der Waals surface area contributed by atoms with Crippen LogP contribution < -0.4 is 16.0 Å². The first-order valence-corrected chi connectivity index (χ1v) is 6.56. The van der Waals surface area contributed by atoms with Gasteiger partial charge in [0.1, 0.15) is 12.3 Å². The van der Waals surface area contributed by atoms with Crippen LogP contribution in [0.4, 0.5) is 0 Å². The van der Waals surface area contributed by atoms with E-state index < -0.39 is 0 Å². The van der Waals surface area contributed by atoms with E-state index in [1.807, 2.05) is 6.92 Å². The number of ether oxygens (including phenoxy) is 1. The summed E-state index contributed by atoms with van der Waals surface area (Å²) in [6, 6.07) is 3.59. The molecule has 112 valence electrons. The molecule has 0 aliphatic rings. The van der Waals surface area contributed by atoms with Gasteiger partial charge in [0.15, 0.2) is 5.96 Å². The van der Waals surface area contributed by atoms with Gasteiger partial charge < -0.3 is 25.1 Å². The van der Waals surface area contributed by atoms with E-state index in [2.05, 4.69) is 20.9 Å². The quantitative estimate of drug-likeness (QED) is 0.357. The van der Waals surface area contributed by atoms with E-state index in [4.69, 9.17) is 9.15 Å². The van der Waals surface area contributed by atoms with Crippen molar-refractivity contribution in [3.05, 3.63) is 24.2 Å². The molecule has 20 heavy (non-hydrogen) atoms. The Kier molecular flexibility index (Phi) is 7.90. The van der Waals surface area contributed by atoms with Crippen LogP contribution in [0.25, 0.3) is 0 Å². The van der Waals surface area contributed by atoms with Crippen LogP contribution in [0.3, 0.4) is 0 Å². The molecule has 0 bridgehead atoms. The zero-order chi connectivity index (χ0) is 14.6. The molecule has 1 rings (SSSR count). The van der Waals surface area contributed by atoms with Crippen LogP contribution in [0.15, 0.2) is 27.8 Å². The molecular weight excluding hydrogens is 260 g/mol. The summed E-state index contributed by atoms with van der Waals surface area (Å²) in [4.78, 5) is 15.8. The van der Waals surface area contributed by atoms with Gasteiger partial charge in [-0.15, -0.1) is 0 Å². The van der Waals surface area contributed by atoms with E-state index in [1.165, 1.54) is 0 Å². The highest BCUT2D eigenvalue weighted by atomic mass is 16.5. The highest BCUT2D eigenvalue weighted by molar-refractivity contribution is 5.84. The van der Waals surface area contributed by atoms with Crippen molar-refractivity contribution < 1.29 is 13.9 Å². The first-order valence-electron chi connectivity index (χ1n) is 6.56. The number of furan rings is 1. The van der Waals surface area contributed by atoms with Crippen molar-refractivity contribution in [2.45, 2.75) is 13.5 Å². The fraction of sp³-hybridized carbons (Fsp3) is 0.538. The normalized spacial score (nSPS) is 11.2. The van der Waals surface area contributed by atoms with Gasteiger partial charge in [0.25, 0.3) is 0 Å². The standard InChI is InChI=1S/C13H22N4O3/c1-3-14-13(15-6-8-19-2)17-10-12(18)16-9-11-5-4-7-20-11/h4-5,7H,3,6,8-10H2,1-2H3,(H,16,18)(H2,14,15,17). The van der Waals surface area contributed by atoms with Crippen molar-refractivity contribution in [3.63, 3.8) is 0 Å². The molecular formula is C13H22N4O3. The van der Waals surface area contributed by atoms with Gasteiger partial charge in [0.05, 0.1) is 19.4 Å². The average molecular weight is 282 g/mol. The topological polar surface area (TPSA) is 87.9 Å². The second kappa shape index (κ2) is 9.85. The third-order valence-corrected chi connectivity index (χ3v) is 2.36. The number of carbonyl (C=O) groups is 1. The summed E-state index contributed by atoms with van der Waals surface area (Å²) in [5, 5.41) is 8.84. The molecule has 7 nitrogen and oxygen atoms in total. The summed E-state index contributed by atoms with van der Waals surface area (Å²) >= 11 is 0. The van der Waals surface area contributed by atoms with Crippen molar-refractivity contribution in [2.24, 2.45) is 4.99 Å². The minimum Gasteiger partial charge on any atom is -0.467 e. The smallest absolute Gasteiger partial charge is 0.242 e. The summed E-state index contributed by atoms with van der Waals surface area (Å²) in [5.74, 6) is 1.15. The van der Waals surface area contributed by atoms with Crippen LogP contribution in [0.1, 0.15) is 12.7 Å². The van der Waals surface area contributed by atoms with Gasteiger partial charge in [-0.3, -0.25) is 4.79 Å². The van der Waals surface area contributed by atoms with Crippen molar-refractivity contribution in [1.82, 2.24) is 16.0 Å². The second-order valence-electron chi connectivity index (χ2n) is 3.97. The Morgan fingerprint density at radius 1 is 1.40 bits per heavy atom. The summed E-state index contributed by atoms with van der Waals surface area (Å²) in [5.41, 5.74) is 0. The summed E-state index contributed by atoms with van der Waals surface area (Å²) in [6.45, 7) is 4.33. The number of nitrogens with one attached hydrogen (secondary N) is 3. The average Bonchev–Trinajstić information content (AvgIpc) is 2.96. The molecule has 1 aromatic rings. The highest BCUT2D eigenvalue weighted by Crippen LogP contribution is 1.98. The number of methoxy groups -OCH3 is 1. The fourth-order valence-corrected chi connectivity index (χ4v) is 1.42. The van der Waals surface area contributed by atoms with Gasteiger partial charge in [-0.25, -0.2) is 4.99 Å². The van der Waals surface area contributed by atoms with E-state index in [0.29, 0.717) is 31.4 Å². The maximum Gasteiger partial charge on any atom is 0.242 e. The fourth-order valence-electron chi connectivity index (χ4n) is 1.42. The maximum absolute atomic E-state index is 11.6. The molecule has 0 saturated heterocycles. The lowest BCUT2D eigenvalue weighted by atomic mass is 10.4. The molecule has 0 aliphatic carbocycles. The lowest BCUT2D eigenvalue weighted by Gasteiger charge is -2.10. The number of nitrogens with zero attached hydrogens (tertiary/aromatic N) is 1. The maximum atomic E-state index is 11.6. The molecule has 3 N–H and O–H groups in total. The van der Waals surface area contributed by atoms with Gasteiger partial charge in [0.2, 0.25) is 5.91 Å². The van der Waals surface area contributed by atoms with Gasteiger partial charge in [0, 0.05) is 20.2 Å². The van der Waals surface area contributed by atoms with E-state index in [0.717, 1.165) is 6.54 Å². The largest absolute Gasteiger partial charge is 0.467 e. The van der Waals surface area contributed by atoms with Gasteiger partial charge >= 0.3 is 0 Å². The van der Waals surface area contributed by atoms with Crippen molar-refractivity contribution in [1.29, 1.82) is 0 Å². The number of hydrogen-bond acceptors (Lipinski definition) is 4. The summed E-state index contributed by atoms with van der Waals surface area (Å²) in [7, 11) is 1.63. The van der Waals surface area contributed by atoms with Crippen LogP contribution in [-0.4, -0.2) is 45.2 Å². The third-order valence-electron chi connectivity index (χ3n) is 2.36. The zero-order valence-electron chi connectivity index (χ0n) is 11.9. The molecule has 0 unspecified atom stereocenters. The predicted octanol–water partition coefficient (Wildman–Crippen LogP) is 0.0973. The van der Waals surface area contributed by atoms with E-state index in [-0.39, 0.29) is 12.5 Å². The molecule has 1 aromatic heterocycles. The van der Waals surface area contributed by atoms with Crippen LogP contribution in [0.2, 0.25) is 0 Å². The van der Waals surface area contributed by atoms with Crippen molar-refractivity contribution >= 4 is 11.9 Å². The molecule has 0 atom stereocenters. The molecule has 0 spiro atoms. The Morgan fingerprint density at radius 3 is 2.90 bits per heavy atom. The lowest BCUT2D eigenvalue weighted by molar-refractivity contribution is -0.119. The van der Waals surface area contributed by atoms with E-state index in [1.54, 1.807) is 25.5 Å². The first-order chi connectivity index (χ1) is 9.76. The van der Waals surface area contributed by atoms with Gasteiger partial charge in [-0.05, 0) is 19.1 Å². The number of aliphatic imine (C=N–C) groups is 1. The molecule has 7 heteroatoms. The SMILES string of the molecule is CCNC(=NCC(=O)NCc1ccco1)NCCOC. The first kappa shape index (κ1) is 16.0. The summed E-state index contributed by atoms with van der Waals surface area (Å²) in [6.07, 6.45) is 1.57. The number of hydrogen-bond donors (Lipinski definition) is 3. The number of carbonyl (C=O) groups excluding carboxylic acids is 1. The number of amides is 1. The molecule has 0 aliphatic heterocycles. The molecule has 0 fully saturated rings. The van der Waals surface area contributed by atoms with Gasteiger partial charge in [-0.1, -0.05) is 0 Å². The Bertz CT molecular complexity index is 404. The van der Waals surface area contributed by atoms with Gasteiger partial charge in [-0.2, -0.15) is 0 Å². The Balaban J connectivity index is 2.31. The highest BCUT2D eigenvalue weighted by Gasteiger charge is 2.03. The zero-order valence-corrected chi connectivity index (χ0v) is 11.9. The molecule has 1 amide bonds. The van der Waals surface area contributed by atoms with E-state index >= 15 is 0 Å². The molecule has 0 radical (unpaired) electrons. The van der Waals surface area contributed by atoms with Crippen molar-refractivity contribution in [3.8, 4) is 0 Å². The minimum atomic E-state index is -0.162. The Labute approximate surface area is 118 Å².